The van der Waals surface area contributed by atoms with Gasteiger partial charge in [-0.1, -0.05) is 41.4 Å². The largest absolute Gasteiger partial charge is 0.385 e. The summed E-state index contributed by atoms with van der Waals surface area (Å²) < 4.78 is 2.04. The van der Waals surface area contributed by atoms with Crippen LogP contribution in [0.25, 0.3) is 0 Å². The Kier molecular flexibility index (Phi) is 6.37. The lowest BCUT2D eigenvalue weighted by atomic mass is 10.1. The van der Waals surface area contributed by atoms with E-state index in [0.29, 0.717) is 23.7 Å². The minimum absolute atomic E-state index is 0.163. The van der Waals surface area contributed by atoms with Crippen molar-refractivity contribution in [3.05, 3.63) is 81.9 Å². The second-order valence-corrected chi connectivity index (χ2v) is 7.23. The van der Waals surface area contributed by atoms with Gasteiger partial charge in [0, 0.05) is 41.8 Å². The molecule has 6 heteroatoms. The Balaban J connectivity index is 1.71. The van der Waals surface area contributed by atoms with Gasteiger partial charge in [-0.3, -0.25) is 4.79 Å². The van der Waals surface area contributed by atoms with Crippen molar-refractivity contribution in [2.24, 2.45) is 0 Å². The number of nitrogens with zero attached hydrogens (tertiary/aromatic N) is 2. The average molecular weight is 397 g/mol. The van der Waals surface area contributed by atoms with E-state index >= 15 is 0 Å². The molecule has 1 heterocycles. The third-order valence-corrected chi connectivity index (χ3v) is 4.88. The standard InChI is InChI=1S/C22H25ClN4O/c1-4-24-20-12-18(23)11-19(16(20)3)22(28)26-13-21-25-9-10-27(21)14-17-7-5-15(2)6-8-17/h5-12,24H,4,13-14H2,1-3H3,(H,26,28). The molecule has 0 saturated carbocycles. The van der Waals surface area contributed by atoms with Crippen LogP contribution in [-0.4, -0.2) is 22.0 Å². The van der Waals surface area contributed by atoms with E-state index in [1.54, 1.807) is 12.3 Å². The number of hydrogen-bond donors (Lipinski definition) is 2. The molecule has 0 aliphatic heterocycles. The number of aryl methyl sites for hydroxylation is 1. The van der Waals surface area contributed by atoms with E-state index in [2.05, 4.69) is 46.8 Å². The van der Waals surface area contributed by atoms with Crippen LogP contribution in [0.15, 0.2) is 48.8 Å². The molecule has 0 saturated heterocycles. The highest BCUT2D eigenvalue weighted by molar-refractivity contribution is 6.31. The molecule has 0 aliphatic rings. The Hall–Kier alpha value is -2.79. The lowest BCUT2D eigenvalue weighted by Crippen LogP contribution is -2.26. The van der Waals surface area contributed by atoms with Crippen molar-refractivity contribution in [1.29, 1.82) is 0 Å². The summed E-state index contributed by atoms with van der Waals surface area (Å²) in [6, 6.07) is 11.9. The summed E-state index contributed by atoms with van der Waals surface area (Å²) in [5.74, 6) is 0.643. The number of imidazole rings is 1. The van der Waals surface area contributed by atoms with Crippen LogP contribution in [-0.2, 0) is 13.1 Å². The van der Waals surface area contributed by atoms with E-state index in [1.807, 2.05) is 30.7 Å². The van der Waals surface area contributed by atoms with Crippen molar-refractivity contribution in [1.82, 2.24) is 14.9 Å². The van der Waals surface area contributed by atoms with E-state index in [1.165, 1.54) is 11.1 Å². The first-order chi connectivity index (χ1) is 13.5. The number of benzene rings is 2. The highest BCUT2D eigenvalue weighted by atomic mass is 35.5. The second-order valence-electron chi connectivity index (χ2n) is 6.80. The first kappa shape index (κ1) is 20.0. The van der Waals surface area contributed by atoms with Gasteiger partial charge in [0.05, 0.1) is 6.54 Å². The number of aromatic nitrogens is 2. The second kappa shape index (κ2) is 8.93. The Morgan fingerprint density at radius 2 is 1.93 bits per heavy atom. The summed E-state index contributed by atoms with van der Waals surface area (Å²) in [5, 5.41) is 6.74. The number of hydrogen-bond acceptors (Lipinski definition) is 3. The first-order valence-corrected chi connectivity index (χ1v) is 9.73. The highest BCUT2D eigenvalue weighted by Crippen LogP contribution is 2.25. The molecule has 1 aromatic heterocycles. The number of nitrogens with one attached hydrogen (secondary N) is 2. The molecule has 0 bridgehead atoms. The van der Waals surface area contributed by atoms with Crippen LogP contribution < -0.4 is 10.6 Å². The number of halogens is 1. The molecule has 2 N–H and O–H groups in total. The maximum Gasteiger partial charge on any atom is 0.252 e. The maximum absolute atomic E-state index is 12.7. The Labute approximate surface area is 170 Å². The predicted molar refractivity (Wildman–Crippen MR) is 114 cm³/mol. The summed E-state index contributed by atoms with van der Waals surface area (Å²) in [6.45, 7) is 7.82. The zero-order valence-corrected chi connectivity index (χ0v) is 17.2. The summed E-state index contributed by atoms with van der Waals surface area (Å²) >= 11 is 6.19. The van der Waals surface area contributed by atoms with Gasteiger partial charge >= 0.3 is 0 Å². The van der Waals surface area contributed by atoms with Crippen LogP contribution >= 0.6 is 11.6 Å². The minimum atomic E-state index is -0.163. The van der Waals surface area contributed by atoms with Gasteiger partial charge in [-0.15, -0.1) is 0 Å². The highest BCUT2D eigenvalue weighted by Gasteiger charge is 2.14. The van der Waals surface area contributed by atoms with Crippen LogP contribution in [0.3, 0.4) is 0 Å². The zero-order chi connectivity index (χ0) is 20.1. The smallest absolute Gasteiger partial charge is 0.252 e. The molecule has 3 rings (SSSR count). The van der Waals surface area contributed by atoms with Crippen LogP contribution in [0, 0.1) is 13.8 Å². The molecule has 2 aromatic carbocycles. The Bertz CT molecular complexity index is 963. The van der Waals surface area contributed by atoms with Crippen molar-refractivity contribution in [3.63, 3.8) is 0 Å². The van der Waals surface area contributed by atoms with Crippen molar-refractivity contribution in [3.8, 4) is 0 Å². The molecule has 0 spiro atoms. The molecule has 0 atom stereocenters. The monoisotopic (exact) mass is 396 g/mol. The van der Waals surface area contributed by atoms with Gasteiger partial charge < -0.3 is 15.2 Å². The molecule has 5 nitrogen and oxygen atoms in total. The van der Waals surface area contributed by atoms with Crippen LogP contribution in [0.2, 0.25) is 5.02 Å². The number of carbonyl (C=O) groups is 1. The van der Waals surface area contributed by atoms with Gasteiger partial charge in [0.1, 0.15) is 5.82 Å². The topological polar surface area (TPSA) is 59.0 Å². The molecule has 146 valence electrons. The van der Waals surface area contributed by atoms with Crippen LogP contribution in [0.5, 0.6) is 0 Å². The number of anilines is 1. The van der Waals surface area contributed by atoms with Crippen LogP contribution in [0.4, 0.5) is 5.69 Å². The molecule has 0 radical (unpaired) electrons. The fourth-order valence-electron chi connectivity index (χ4n) is 3.08. The Morgan fingerprint density at radius 1 is 1.18 bits per heavy atom. The maximum atomic E-state index is 12.7. The molecular weight excluding hydrogens is 372 g/mol. The Morgan fingerprint density at radius 3 is 2.64 bits per heavy atom. The van der Waals surface area contributed by atoms with Gasteiger partial charge in [-0.2, -0.15) is 0 Å². The van der Waals surface area contributed by atoms with Crippen LogP contribution in [0.1, 0.15) is 39.8 Å². The summed E-state index contributed by atoms with van der Waals surface area (Å²) in [5.41, 5.74) is 4.75. The quantitative estimate of drug-likeness (QED) is 0.615. The lowest BCUT2D eigenvalue weighted by molar-refractivity contribution is 0.0949. The van der Waals surface area contributed by atoms with Crippen molar-refractivity contribution < 1.29 is 4.79 Å². The van der Waals surface area contributed by atoms with E-state index < -0.39 is 0 Å². The number of rotatable bonds is 7. The molecule has 1 amide bonds. The fourth-order valence-corrected chi connectivity index (χ4v) is 3.30. The van der Waals surface area contributed by atoms with E-state index in [-0.39, 0.29) is 5.91 Å². The number of carbonyl (C=O) groups excluding carboxylic acids is 1. The number of amides is 1. The molecule has 3 aromatic rings. The first-order valence-electron chi connectivity index (χ1n) is 9.35. The summed E-state index contributed by atoms with van der Waals surface area (Å²) in [4.78, 5) is 17.1. The van der Waals surface area contributed by atoms with E-state index in [4.69, 9.17) is 11.6 Å². The van der Waals surface area contributed by atoms with Crippen molar-refractivity contribution >= 4 is 23.2 Å². The summed E-state index contributed by atoms with van der Waals surface area (Å²) in [7, 11) is 0. The lowest BCUT2D eigenvalue weighted by Gasteiger charge is -2.14. The minimum Gasteiger partial charge on any atom is -0.385 e. The predicted octanol–water partition coefficient (Wildman–Crippen LogP) is 4.56. The SMILES string of the molecule is CCNc1cc(Cl)cc(C(=O)NCc2nccn2Cc2ccc(C)cc2)c1C. The van der Waals surface area contributed by atoms with Gasteiger partial charge in [0.25, 0.3) is 5.91 Å². The molecule has 0 unspecified atom stereocenters. The van der Waals surface area contributed by atoms with E-state index in [9.17, 15) is 4.79 Å². The third kappa shape index (κ3) is 4.73. The molecule has 0 fully saturated rings. The zero-order valence-electron chi connectivity index (χ0n) is 16.4. The molecule has 28 heavy (non-hydrogen) atoms. The normalized spacial score (nSPS) is 10.7. The van der Waals surface area contributed by atoms with Crippen molar-refractivity contribution in [2.75, 3.05) is 11.9 Å². The summed E-state index contributed by atoms with van der Waals surface area (Å²) in [6.07, 6.45) is 3.68. The van der Waals surface area contributed by atoms with Gasteiger partial charge in [0.15, 0.2) is 0 Å². The van der Waals surface area contributed by atoms with Gasteiger partial charge in [-0.25, -0.2) is 4.98 Å². The van der Waals surface area contributed by atoms with Gasteiger partial charge in [0.2, 0.25) is 0 Å². The molecule has 0 aliphatic carbocycles. The average Bonchev–Trinajstić information content (AvgIpc) is 3.11. The third-order valence-electron chi connectivity index (χ3n) is 4.67. The van der Waals surface area contributed by atoms with Gasteiger partial charge in [-0.05, 0) is 44.0 Å². The van der Waals surface area contributed by atoms with Crippen molar-refractivity contribution in [2.45, 2.75) is 33.9 Å². The van der Waals surface area contributed by atoms with E-state index in [0.717, 1.165) is 23.6 Å². The fraction of sp³-hybridized carbons (Fsp3) is 0.273. The molecular formula is C22H25ClN4O.